The highest BCUT2D eigenvalue weighted by molar-refractivity contribution is 5.56. The Bertz CT molecular complexity index is 551. The molecule has 5 nitrogen and oxygen atoms in total. The molecule has 0 spiro atoms. The lowest BCUT2D eigenvalue weighted by Crippen LogP contribution is -2.35. The van der Waals surface area contributed by atoms with Crippen molar-refractivity contribution >= 4 is 5.69 Å². The van der Waals surface area contributed by atoms with Crippen molar-refractivity contribution in [3.8, 4) is 5.82 Å². The topological polar surface area (TPSA) is 55.6 Å². The summed E-state index contributed by atoms with van der Waals surface area (Å²) >= 11 is 0. The lowest BCUT2D eigenvalue weighted by molar-refractivity contribution is 0.253. The van der Waals surface area contributed by atoms with Gasteiger partial charge in [-0.05, 0) is 30.4 Å². The van der Waals surface area contributed by atoms with E-state index in [4.69, 9.17) is 0 Å². The summed E-state index contributed by atoms with van der Waals surface area (Å²) in [5, 5.41) is 7.84. The number of rotatable bonds is 3. The zero-order valence-corrected chi connectivity index (χ0v) is 12.0. The molecule has 2 aromatic rings. The number of hydrogen-bond donors (Lipinski definition) is 1. The van der Waals surface area contributed by atoms with E-state index in [0.717, 1.165) is 17.4 Å². The molecule has 1 aliphatic rings. The SMILES string of the molecule is CC1CCCC(Nc2cccnc2-n2cncn2)C1C. The number of nitrogens with zero attached hydrogens (tertiary/aromatic N) is 4. The highest BCUT2D eigenvalue weighted by Gasteiger charge is 2.27. The fourth-order valence-corrected chi connectivity index (χ4v) is 3.00. The molecule has 2 heterocycles. The van der Waals surface area contributed by atoms with E-state index in [2.05, 4.69) is 40.3 Å². The standard InChI is InChI=1S/C15H21N5/c1-11-5-3-6-13(12(11)2)19-14-7-4-8-17-15(14)20-10-16-9-18-20/h4,7-13,19H,3,5-6H2,1-2H3. The van der Waals surface area contributed by atoms with E-state index in [1.54, 1.807) is 17.2 Å². The molecule has 1 fully saturated rings. The Kier molecular flexibility index (Phi) is 3.67. The third-order valence-electron chi connectivity index (χ3n) is 4.47. The number of nitrogens with one attached hydrogen (secondary N) is 1. The maximum Gasteiger partial charge on any atom is 0.178 e. The number of aromatic nitrogens is 4. The minimum absolute atomic E-state index is 0.505. The summed E-state index contributed by atoms with van der Waals surface area (Å²) in [6, 6.07) is 4.53. The normalized spacial score (nSPS) is 26.4. The summed E-state index contributed by atoms with van der Waals surface area (Å²) in [5.41, 5.74) is 1.03. The Morgan fingerprint density at radius 2 is 2.20 bits per heavy atom. The van der Waals surface area contributed by atoms with E-state index in [0.29, 0.717) is 12.0 Å². The van der Waals surface area contributed by atoms with Crippen molar-refractivity contribution in [2.45, 2.75) is 39.2 Å². The van der Waals surface area contributed by atoms with Gasteiger partial charge >= 0.3 is 0 Å². The summed E-state index contributed by atoms with van der Waals surface area (Å²) in [6.07, 6.45) is 8.85. The molecule has 1 N–H and O–H groups in total. The molecule has 0 amide bonds. The fourth-order valence-electron chi connectivity index (χ4n) is 3.00. The van der Waals surface area contributed by atoms with Crippen LogP contribution < -0.4 is 5.32 Å². The number of pyridine rings is 1. The van der Waals surface area contributed by atoms with Crippen LogP contribution >= 0.6 is 0 Å². The van der Waals surface area contributed by atoms with Gasteiger partial charge in [0, 0.05) is 12.2 Å². The zero-order chi connectivity index (χ0) is 13.9. The Morgan fingerprint density at radius 1 is 1.30 bits per heavy atom. The van der Waals surface area contributed by atoms with Crippen molar-refractivity contribution in [3.63, 3.8) is 0 Å². The third kappa shape index (κ3) is 2.53. The van der Waals surface area contributed by atoms with Crippen LogP contribution in [-0.2, 0) is 0 Å². The number of anilines is 1. The van der Waals surface area contributed by atoms with Gasteiger partial charge in [-0.15, -0.1) is 0 Å². The second-order valence-corrected chi connectivity index (χ2v) is 5.73. The van der Waals surface area contributed by atoms with Gasteiger partial charge in [-0.2, -0.15) is 5.10 Å². The summed E-state index contributed by atoms with van der Waals surface area (Å²) in [6.45, 7) is 4.69. The predicted molar refractivity (Wildman–Crippen MR) is 78.7 cm³/mol. The van der Waals surface area contributed by atoms with Crippen LogP contribution in [0.1, 0.15) is 33.1 Å². The molecule has 0 aliphatic heterocycles. The summed E-state index contributed by atoms with van der Waals surface area (Å²) in [7, 11) is 0. The van der Waals surface area contributed by atoms with Crippen molar-refractivity contribution in [2.75, 3.05) is 5.32 Å². The van der Waals surface area contributed by atoms with Crippen molar-refractivity contribution in [1.82, 2.24) is 19.7 Å². The molecule has 3 atom stereocenters. The van der Waals surface area contributed by atoms with Gasteiger partial charge in [0.15, 0.2) is 5.82 Å². The van der Waals surface area contributed by atoms with E-state index in [9.17, 15) is 0 Å². The van der Waals surface area contributed by atoms with Gasteiger partial charge in [0.2, 0.25) is 0 Å². The average Bonchev–Trinajstić information content (AvgIpc) is 2.98. The minimum Gasteiger partial charge on any atom is -0.379 e. The summed E-state index contributed by atoms with van der Waals surface area (Å²) < 4.78 is 1.71. The smallest absolute Gasteiger partial charge is 0.178 e. The first kappa shape index (κ1) is 13.1. The molecule has 0 saturated heterocycles. The lowest BCUT2D eigenvalue weighted by Gasteiger charge is -2.35. The highest BCUT2D eigenvalue weighted by Crippen LogP contribution is 2.32. The maximum absolute atomic E-state index is 4.43. The first-order valence-corrected chi connectivity index (χ1v) is 7.32. The van der Waals surface area contributed by atoms with Gasteiger partial charge in [0.05, 0.1) is 5.69 Å². The van der Waals surface area contributed by atoms with Crippen molar-refractivity contribution in [3.05, 3.63) is 31.0 Å². The van der Waals surface area contributed by atoms with Crippen LogP contribution in [0.25, 0.3) is 5.82 Å². The van der Waals surface area contributed by atoms with E-state index in [1.807, 2.05) is 6.07 Å². The van der Waals surface area contributed by atoms with Gasteiger partial charge in [0.1, 0.15) is 12.7 Å². The summed E-state index contributed by atoms with van der Waals surface area (Å²) in [5.74, 6) is 2.26. The predicted octanol–water partition coefficient (Wildman–Crippen LogP) is 2.90. The lowest BCUT2D eigenvalue weighted by atomic mass is 9.78. The van der Waals surface area contributed by atoms with Crippen molar-refractivity contribution in [1.29, 1.82) is 0 Å². The molecular weight excluding hydrogens is 250 g/mol. The van der Waals surface area contributed by atoms with Gasteiger partial charge in [-0.25, -0.2) is 14.6 Å². The van der Waals surface area contributed by atoms with Gasteiger partial charge in [0.25, 0.3) is 0 Å². The molecule has 0 radical (unpaired) electrons. The van der Waals surface area contributed by atoms with Crippen LogP contribution in [0.2, 0.25) is 0 Å². The molecule has 5 heteroatoms. The van der Waals surface area contributed by atoms with Gasteiger partial charge in [-0.1, -0.05) is 26.7 Å². The molecule has 3 unspecified atom stereocenters. The van der Waals surface area contributed by atoms with Crippen LogP contribution in [0, 0.1) is 11.8 Å². The molecule has 106 valence electrons. The van der Waals surface area contributed by atoms with Crippen molar-refractivity contribution < 1.29 is 0 Å². The van der Waals surface area contributed by atoms with Crippen LogP contribution in [0.5, 0.6) is 0 Å². The maximum atomic E-state index is 4.43. The number of hydrogen-bond acceptors (Lipinski definition) is 4. The highest BCUT2D eigenvalue weighted by atomic mass is 15.3. The first-order chi connectivity index (χ1) is 9.75. The molecule has 0 bridgehead atoms. The molecule has 3 rings (SSSR count). The molecule has 1 saturated carbocycles. The molecular formula is C15H21N5. The van der Waals surface area contributed by atoms with E-state index in [-0.39, 0.29) is 0 Å². The minimum atomic E-state index is 0.505. The van der Waals surface area contributed by atoms with Crippen LogP contribution in [0.4, 0.5) is 5.69 Å². The monoisotopic (exact) mass is 271 g/mol. The van der Waals surface area contributed by atoms with Gasteiger partial charge < -0.3 is 5.32 Å². The van der Waals surface area contributed by atoms with E-state index in [1.165, 1.54) is 25.6 Å². The molecule has 2 aromatic heterocycles. The average molecular weight is 271 g/mol. The third-order valence-corrected chi connectivity index (χ3v) is 4.47. The zero-order valence-electron chi connectivity index (χ0n) is 12.0. The first-order valence-electron chi connectivity index (χ1n) is 7.32. The molecule has 20 heavy (non-hydrogen) atoms. The molecule has 1 aliphatic carbocycles. The fraction of sp³-hybridized carbons (Fsp3) is 0.533. The second kappa shape index (κ2) is 5.61. The van der Waals surface area contributed by atoms with Crippen molar-refractivity contribution in [2.24, 2.45) is 11.8 Å². The Balaban J connectivity index is 1.84. The molecule has 0 aromatic carbocycles. The largest absolute Gasteiger partial charge is 0.379 e. The van der Waals surface area contributed by atoms with E-state index < -0.39 is 0 Å². The van der Waals surface area contributed by atoms with Crippen LogP contribution in [0.3, 0.4) is 0 Å². The van der Waals surface area contributed by atoms with E-state index >= 15 is 0 Å². The van der Waals surface area contributed by atoms with Crippen LogP contribution in [-0.4, -0.2) is 25.8 Å². The Morgan fingerprint density at radius 3 is 3.00 bits per heavy atom. The summed E-state index contributed by atoms with van der Waals surface area (Å²) in [4.78, 5) is 8.43. The quantitative estimate of drug-likeness (QED) is 0.932. The van der Waals surface area contributed by atoms with Gasteiger partial charge in [-0.3, -0.25) is 0 Å². The Labute approximate surface area is 119 Å². The second-order valence-electron chi connectivity index (χ2n) is 5.73. The Hall–Kier alpha value is -1.91. The van der Waals surface area contributed by atoms with Crippen LogP contribution in [0.15, 0.2) is 31.0 Å².